The van der Waals surface area contributed by atoms with Crippen molar-refractivity contribution in [3.8, 4) is 0 Å². The third-order valence-electron chi connectivity index (χ3n) is 2.98. The number of aromatic carboxylic acids is 1. The lowest BCUT2D eigenvalue weighted by Gasteiger charge is -2.17. The van der Waals surface area contributed by atoms with Gasteiger partial charge in [-0.25, -0.2) is 13.2 Å². The molecule has 1 aromatic rings. The van der Waals surface area contributed by atoms with Gasteiger partial charge in [0, 0.05) is 18.1 Å². The lowest BCUT2D eigenvalue weighted by molar-refractivity contribution is 0.0697. The summed E-state index contributed by atoms with van der Waals surface area (Å²) in [6.07, 6.45) is -0.412. The van der Waals surface area contributed by atoms with E-state index >= 15 is 0 Å². The molecule has 1 saturated heterocycles. The highest BCUT2D eigenvalue weighted by molar-refractivity contribution is 7.89. The van der Waals surface area contributed by atoms with E-state index in [9.17, 15) is 18.3 Å². The van der Waals surface area contributed by atoms with E-state index in [4.69, 9.17) is 28.3 Å². The van der Waals surface area contributed by atoms with Crippen molar-refractivity contribution >= 4 is 39.2 Å². The molecular formula is C11H11Cl2NO5S. The Morgan fingerprint density at radius 1 is 1.35 bits per heavy atom. The Kier molecular flexibility index (Phi) is 4.27. The highest BCUT2D eigenvalue weighted by Gasteiger charge is 2.34. The van der Waals surface area contributed by atoms with Gasteiger partial charge in [-0.05, 0) is 18.6 Å². The maximum atomic E-state index is 12.4. The number of halogens is 2. The fourth-order valence-electron chi connectivity index (χ4n) is 1.98. The Bertz CT molecular complexity index is 661. The smallest absolute Gasteiger partial charge is 0.337 e. The molecule has 0 unspecified atom stereocenters. The van der Waals surface area contributed by atoms with Crippen LogP contribution in [-0.4, -0.2) is 48.1 Å². The van der Waals surface area contributed by atoms with Gasteiger partial charge in [0.1, 0.15) is 4.90 Å². The second kappa shape index (κ2) is 5.50. The van der Waals surface area contributed by atoms with E-state index in [-0.39, 0.29) is 33.6 Å². The molecule has 0 aromatic heterocycles. The zero-order valence-corrected chi connectivity index (χ0v) is 12.4. The van der Waals surface area contributed by atoms with Crippen LogP contribution in [0.25, 0.3) is 0 Å². The van der Waals surface area contributed by atoms with E-state index in [0.717, 1.165) is 16.4 Å². The molecule has 0 saturated carbocycles. The van der Waals surface area contributed by atoms with Gasteiger partial charge in [-0.3, -0.25) is 0 Å². The number of benzene rings is 1. The molecule has 0 amide bonds. The molecular weight excluding hydrogens is 329 g/mol. The molecule has 1 aliphatic heterocycles. The van der Waals surface area contributed by atoms with Crippen molar-refractivity contribution in [1.82, 2.24) is 4.31 Å². The maximum absolute atomic E-state index is 12.4. The minimum absolute atomic E-state index is 0.0369. The van der Waals surface area contributed by atoms with Gasteiger partial charge in [-0.2, -0.15) is 4.31 Å². The minimum atomic E-state index is -3.99. The summed E-state index contributed by atoms with van der Waals surface area (Å²) in [5.74, 6) is -1.37. The Balaban J connectivity index is 2.55. The monoisotopic (exact) mass is 339 g/mol. The van der Waals surface area contributed by atoms with Crippen LogP contribution in [0.1, 0.15) is 16.8 Å². The Morgan fingerprint density at radius 2 is 2.00 bits per heavy atom. The Labute approximate surface area is 125 Å². The molecule has 20 heavy (non-hydrogen) atoms. The number of hydrogen-bond acceptors (Lipinski definition) is 4. The number of sulfonamides is 1. The second-order valence-electron chi connectivity index (χ2n) is 4.38. The van der Waals surface area contributed by atoms with Crippen molar-refractivity contribution in [2.75, 3.05) is 13.1 Å². The average Bonchev–Trinajstić information content (AvgIpc) is 2.78. The van der Waals surface area contributed by atoms with Crippen LogP contribution in [-0.2, 0) is 10.0 Å². The summed E-state index contributed by atoms with van der Waals surface area (Å²) in [7, 11) is -3.99. The summed E-state index contributed by atoms with van der Waals surface area (Å²) in [6.45, 7) is 0.0995. The summed E-state index contributed by atoms with van der Waals surface area (Å²) in [4.78, 5) is 10.7. The molecule has 1 atom stereocenters. The lowest BCUT2D eigenvalue weighted by Crippen LogP contribution is -2.30. The zero-order chi connectivity index (χ0) is 15.1. The summed E-state index contributed by atoms with van der Waals surface area (Å²) in [6, 6.07) is 2.19. The van der Waals surface area contributed by atoms with E-state index in [0.29, 0.717) is 6.42 Å². The molecule has 2 rings (SSSR count). The number of carbonyl (C=O) groups is 1. The highest BCUT2D eigenvalue weighted by Crippen LogP contribution is 2.32. The van der Waals surface area contributed by atoms with E-state index in [1.54, 1.807) is 0 Å². The van der Waals surface area contributed by atoms with E-state index in [1.165, 1.54) is 0 Å². The fourth-order valence-corrected chi connectivity index (χ4v) is 4.35. The van der Waals surface area contributed by atoms with Gasteiger partial charge < -0.3 is 10.2 Å². The first-order valence-electron chi connectivity index (χ1n) is 5.64. The number of carboxylic acid groups (broad SMARTS) is 1. The number of aliphatic hydroxyl groups is 1. The van der Waals surface area contributed by atoms with Gasteiger partial charge >= 0.3 is 5.97 Å². The van der Waals surface area contributed by atoms with Crippen molar-refractivity contribution in [3.63, 3.8) is 0 Å². The lowest BCUT2D eigenvalue weighted by atomic mass is 10.2. The van der Waals surface area contributed by atoms with E-state index < -0.39 is 22.1 Å². The van der Waals surface area contributed by atoms with Gasteiger partial charge in [0.15, 0.2) is 0 Å². The summed E-state index contributed by atoms with van der Waals surface area (Å²) >= 11 is 11.6. The third-order valence-corrected chi connectivity index (χ3v) is 5.61. The molecule has 1 heterocycles. The molecule has 110 valence electrons. The van der Waals surface area contributed by atoms with Crippen molar-refractivity contribution < 1.29 is 23.4 Å². The van der Waals surface area contributed by atoms with Crippen LogP contribution in [0.3, 0.4) is 0 Å². The molecule has 9 heteroatoms. The average molecular weight is 340 g/mol. The molecule has 1 aliphatic rings. The van der Waals surface area contributed by atoms with Gasteiger partial charge in [0.05, 0.1) is 16.7 Å². The van der Waals surface area contributed by atoms with Crippen LogP contribution < -0.4 is 0 Å². The van der Waals surface area contributed by atoms with Crippen molar-refractivity contribution in [1.29, 1.82) is 0 Å². The topological polar surface area (TPSA) is 94.9 Å². The first-order chi connectivity index (χ1) is 9.23. The molecule has 0 radical (unpaired) electrons. The fraction of sp³-hybridized carbons (Fsp3) is 0.364. The predicted molar refractivity (Wildman–Crippen MR) is 72.8 cm³/mol. The molecule has 0 spiro atoms. The standard InChI is InChI=1S/C11H11Cl2NO5S/c12-6-3-8(11(16)17)10(13)9(4-6)20(18,19)14-2-1-7(15)5-14/h3-4,7,15H,1-2,5H2,(H,16,17)/t7-/m1/s1. The molecule has 6 nitrogen and oxygen atoms in total. The van der Waals surface area contributed by atoms with E-state index in [2.05, 4.69) is 0 Å². The van der Waals surface area contributed by atoms with E-state index in [1.807, 2.05) is 0 Å². The van der Waals surface area contributed by atoms with Crippen LogP contribution in [0.15, 0.2) is 17.0 Å². The van der Waals surface area contributed by atoms with Crippen molar-refractivity contribution in [2.24, 2.45) is 0 Å². The largest absolute Gasteiger partial charge is 0.478 e. The maximum Gasteiger partial charge on any atom is 0.337 e. The summed E-state index contributed by atoms with van der Waals surface area (Å²) < 4.78 is 25.9. The highest BCUT2D eigenvalue weighted by atomic mass is 35.5. The van der Waals surface area contributed by atoms with Crippen LogP contribution in [0.5, 0.6) is 0 Å². The van der Waals surface area contributed by atoms with Gasteiger partial charge in [-0.15, -0.1) is 0 Å². The molecule has 1 aromatic carbocycles. The first kappa shape index (κ1) is 15.5. The van der Waals surface area contributed by atoms with Gasteiger partial charge in [0.25, 0.3) is 0 Å². The third kappa shape index (κ3) is 2.77. The first-order valence-corrected chi connectivity index (χ1v) is 7.83. The SMILES string of the molecule is O=C(O)c1cc(Cl)cc(S(=O)(=O)N2CC[C@@H](O)C2)c1Cl. The zero-order valence-electron chi connectivity index (χ0n) is 10.1. The van der Waals surface area contributed by atoms with Crippen LogP contribution in [0.2, 0.25) is 10.0 Å². The normalized spacial score (nSPS) is 20.2. The number of hydrogen-bond donors (Lipinski definition) is 2. The number of nitrogens with zero attached hydrogens (tertiary/aromatic N) is 1. The summed E-state index contributed by atoms with van der Waals surface area (Å²) in [5, 5.41) is 18.0. The van der Waals surface area contributed by atoms with Crippen molar-refractivity contribution in [2.45, 2.75) is 17.4 Å². The predicted octanol–water partition coefficient (Wildman–Crippen LogP) is 1.45. The Morgan fingerprint density at radius 3 is 2.50 bits per heavy atom. The molecule has 0 aliphatic carbocycles. The van der Waals surface area contributed by atoms with Crippen LogP contribution in [0.4, 0.5) is 0 Å². The van der Waals surface area contributed by atoms with Crippen LogP contribution >= 0.6 is 23.2 Å². The second-order valence-corrected chi connectivity index (χ2v) is 7.10. The van der Waals surface area contributed by atoms with Crippen LogP contribution in [0, 0.1) is 0 Å². The molecule has 2 N–H and O–H groups in total. The molecule has 0 bridgehead atoms. The number of β-amino-alcohol motifs (C(OH)–C–C–N with tert-alkyl or cyclic N) is 1. The Hall–Kier alpha value is -0.860. The number of carboxylic acids is 1. The minimum Gasteiger partial charge on any atom is -0.478 e. The van der Waals surface area contributed by atoms with Gasteiger partial charge in [0.2, 0.25) is 10.0 Å². The van der Waals surface area contributed by atoms with Crippen molar-refractivity contribution in [3.05, 3.63) is 27.7 Å². The molecule has 1 fully saturated rings. The summed E-state index contributed by atoms with van der Waals surface area (Å²) in [5.41, 5.74) is -0.377. The quantitative estimate of drug-likeness (QED) is 0.868. The number of rotatable bonds is 3. The number of aliphatic hydroxyl groups excluding tert-OH is 1. The van der Waals surface area contributed by atoms with Gasteiger partial charge in [-0.1, -0.05) is 23.2 Å².